The van der Waals surface area contributed by atoms with E-state index < -0.39 is 0 Å². The number of hydrogen-bond acceptors (Lipinski definition) is 5. The van der Waals surface area contributed by atoms with Crippen molar-refractivity contribution >= 4 is 28.3 Å². The van der Waals surface area contributed by atoms with E-state index in [4.69, 9.17) is 4.74 Å². The van der Waals surface area contributed by atoms with Crippen LogP contribution in [0.5, 0.6) is 5.75 Å². The van der Waals surface area contributed by atoms with Crippen LogP contribution in [-0.4, -0.2) is 34.3 Å². The second kappa shape index (κ2) is 6.57. The Morgan fingerprint density at radius 3 is 2.92 bits per heavy atom. The van der Waals surface area contributed by atoms with Gasteiger partial charge in [0.05, 0.1) is 36.9 Å². The number of amides is 1. The van der Waals surface area contributed by atoms with Gasteiger partial charge in [-0.15, -0.1) is 0 Å². The molecule has 0 unspecified atom stereocenters. The first kappa shape index (κ1) is 15.8. The number of nitrogens with zero attached hydrogens (tertiary/aromatic N) is 3. The molecule has 0 bridgehead atoms. The minimum Gasteiger partial charge on any atom is -0.495 e. The van der Waals surface area contributed by atoms with E-state index in [2.05, 4.69) is 20.7 Å². The van der Waals surface area contributed by atoms with Crippen molar-refractivity contribution in [3.63, 3.8) is 0 Å². The van der Waals surface area contributed by atoms with Gasteiger partial charge >= 0.3 is 0 Å². The number of aryl methyl sites for hydroxylation is 2. The number of ether oxygens (including phenoxy) is 1. The lowest BCUT2D eigenvalue weighted by Gasteiger charge is -2.11. The molecule has 0 atom stereocenters. The fourth-order valence-electron chi connectivity index (χ4n) is 2.55. The van der Waals surface area contributed by atoms with E-state index in [9.17, 15) is 4.79 Å². The van der Waals surface area contributed by atoms with Crippen molar-refractivity contribution < 1.29 is 9.53 Å². The zero-order valence-corrected chi connectivity index (χ0v) is 13.8. The predicted molar refractivity (Wildman–Crippen MR) is 93.4 cm³/mol. The molecule has 1 aromatic carbocycles. The molecule has 7 nitrogen and oxygen atoms in total. The minimum absolute atomic E-state index is 0.129. The van der Waals surface area contributed by atoms with Gasteiger partial charge in [-0.3, -0.25) is 9.48 Å². The van der Waals surface area contributed by atoms with Crippen LogP contribution in [0.25, 0.3) is 11.0 Å². The third-order valence-corrected chi connectivity index (χ3v) is 3.69. The lowest BCUT2D eigenvalue weighted by Crippen LogP contribution is -2.22. The van der Waals surface area contributed by atoms with Gasteiger partial charge in [0.25, 0.3) is 0 Å². The zero-order chi connectivity index (χ0) is 17.1. The highest BCUT2D eigenvalue weighted by Gasteiger charge is 2.09. The van der Waals surface area contributed by atoms with Gasteiger partial charge in [0.1, 0.15) is 5.75 Å². The molecule has 1 amide bonds. The van der Waals surface area contributed by atoms with Gasteiger partial charge in [-0.2, -0.15) is 5.10 Å². The number of carbonyl (C=O) groups is 1. The van der Waals surface area contributed by atoms with Crippen molar-refractivity contribution in [3.8, 4) is 5.75 Å². The largest absolute Gasteiger partial charge is 0.495 e. The lowest BCUT2D eigenvalue weighted by atomic mass is 10.2. The Hall–Kier alpha value is -3.09. The molecule has 24 heavy (non-hydrogen) atoms. The summed E-state index contributed by atoms with van der Waals surface area (Å²) in [5.41, 5.74) is 3.08. The monoisotopic (exact) mass is 325 g/mol. The van der Waals surface area contributed by atoms with Crippen LogP contribution >= 0.6 is 0 Å². The molecule has 3 aromatic rings. The van der Waals surface area contributed by atoms with Crippen LogP contribution in [-0.2, 0) is 11.8 Å². The topological polar surface area (TPSA) is 81.1 Å². The number of carbonyl (C=O) groups excluding carboxylic acids is 1. The van der Waals surface area contributed by atoms with E-state index in [1.807, 2.05) is 44.3 Å². The van der Waals surface area contributed by atoms with Gasteiger partial charge in [-0.25, -0.2) is 4.98 Å². The summed E-state index contributed by atoms with van der Waals surface area (Å²) in [7, 11) is 3.44. The summed E-state index contributed by atoms with van der Waals surface area (Å²) in [5, 5.41) is 11.1. The van der Waals surface area contributed by atoms with Crippen LogP contribution in [0.4, 0.5) is 11.4 Å². The van der Waals surface area contributed by atoms with Gasteiger partial charge in [0, 0.05) is 12.4 Å². The summed E-state index contributed by atoms with van der Waals surface area (Å²) in [5.74, 6) is 0.531. The molecular formula is C17H19N5O2. The number of nitrogens with one attached hydrogen (secondary N) is 2. The minimum atomic E-state index is -0.163. The van der Waals surface area contributed by atoms with Crippen LogP contribution in [0, 0.1) is 6.92 Å². The van der Waals surface area contributed by atoms with E-state index in [-0.39, 0.29) is 12.5 Å². The molecule has 7 heteroatoms. The Kier molecular flexibility index (Phi) is 4.33. The molecule has 2 heterocycles. The summed E-state index contributed by atoms with van der Waals surface area (Å²) in [6, 6.07) is 9.33. The van der Waals surface area contributed by atoms with Crippen molar-refractivity contribution in [2.45, 2.75) is 6.92 Å². The van der Waals surface area contributed by atoms with Crippen LogP contribution < -0.4 is 15.4 Å². The molecule has 0 aliphatic rings. The first-order valence-electron chi connectivity index (χ1n) is 7.54. The molecule has 124 valence electrons. The Balaban J connectivity index is 1.67. The average molecular weight is 325 g/mol. The summed E-state index contributed by atoms with van der Waals surface area (Å²) < 4.78 is 6.97. The van der Waals surface area contributed by atoms with Gasteiger partial charge < -0.3 is 15.4 Å². The molecule has 0 fully saturated rings. The smallest absolute Gasteiger partial charge is 0.243 e. The number of fused-ring (bicyclic) bond motifs is 1. The van der Waals surface area contributed by atoms with Crippen LogP contribution in [0.15, 0.2) is 36.5 Å². The maximum absolute atomic E-state index is 12.1. The number of anilines is 2. The van der Waals surface area contributed by atoms with Gasteiger partial charge in [0.15, 0.2) is 5.65 Å². The molecule has 0 aliphatic carbocycles. The maximum atomic E-state index is 12.1. The number of hydrogen-bond donors (Lipinski definition) is 2. The van der Waals surface area contributed by atoms with Crippen molar-refractivity contribution in [1.82, 2.24) is 14.8 Å². The molecule has 0 radical (unpaired) electrons. The summed E-state index contributed by atoms with van der Waals surface area (Å²) in [6.45, 7) is 2.04. The third kappa shape index (κ3) is 3.15. The van der Waals surface area contributed by atoms with Gasteiger partial charge in [0.2, 0.25) is 5.91 Å². The molecule has 0 aliphatic heterocycles. The summed E-state index contributed by atoms with van der Waals surface area (Å²) in [6.07, 6.45) is 1.63. The first-order valence-corrected chi connectivity index (χ1v) is 7.54. The van der Waals surface area contributed by atoms with Crippen molar-refractivity contribution in [1.29, 1.82) is 0 Å². The van der Waals surface area contributed by atoms with E-state index in [1.165, 1.54) is 0 Å². The highest BCUT2D eigenvalue weighted by Crippen LogP contribution is 2.23. The molecule has 2 N–H and O–H groups in total. The summed E-state index contributed by atoms with van der Waals surface area (Å²) in [4.78, 5) is 16.5. The average Bonchev–Trinajstić information content (AvgIpc) is 2.87. The number of para-hydroxylation sites is 2. The van der Waals surface area contributed by atoms with Crippen molar-refractivity contribution in [2.75, 3.05) is 24.3 Å². The van der Waals surface area contributed by atoms with Crippen LogP contribution in [0.1, 0.15) is 5.69 Å². The molecule has 0 saturated carbocycles. The van der Waals surface area contributed by atoms with Crippen LogP contribution in [0.3, 0.4) is 0 Å². The number of rotatable bonds is 5. The maximum Gasteiger partial charge on any atom is 0.243 e. The standard InChI is InChI=1S/C17H19N5O2/c1-11-13-8-12(9-19-17(13)22(2)21-11)20-16(23)10-18-14-6-4-5-7-15(14)24-3/h4-9,18H,10H2,1-3H3,(H,20,23). The first-order chi connectivity index (χ1) is 11.6. The highest BCUT2D eigenvalue weighted by atomic mass is 16.5. The van der Waals surface area contributed by atoms with E-state index in [0.717, 1.165) is 22.4 Å². The second-order valence-electron chi connectivity index (χ2n) is 5.41. The third-order valence-electron chi connectivity index (χ3n) is 3.69. The Labute approximate surface area is 139 Å². The van der Waals surface area contributed by atoms with E-state index >= 15 is 0 Å². The number of methoxy groups -OCH3 is 1. The molecular weight excluding hydrogens is 306 g/mol. The van der Waals surface area contributed by atoms with Crippen LogP contribution in [0.2, 0.25) is 0 Å². The van der Waals surface area contributed by atoms with Gasteiger partial charge in [-0.1, -0.05) is 12.1 Å². The van der Waals surface area contributed by atoms with E-state index in [0.29, 0.717) is 11.4 Å². The predicted octanol–water partition coefficient (Wildman–Crippen LogP) is 2.34. The van der Waals surface area contributed by atoms with Crippen molar-refractivity contribution in [2.24, 2.45) is 7.05 Å². The molecule has 0 spiro atoms. The Bertz CT molecular complexity index is 888. The Morgan fingerprint density at radius 2 is 2.12 bits per heavy atom. The molecule has 3 rings (SSSR count). The normalized spacial score (nSPS) is 10.6. The quantitative estimate of drug-likeness (QED) is 0.752. The molecule has 2 aromatic heterocycles. The Morgan fingerprint density at radius 1 is 1.33 bits per heavy atom. The SMILES string of the molecule is COc1ccccc1NCC(=O)Nc1cnc2c(c1)c(C)nn2C. The van der Waals surface area contributed by atoms with Crippen molar-refractivity contribution in [3.05, 3.63) is 42.2 Å². The lowest BCUT2D eigenvalue weighted by molar-refractivity contribution is -0.114. The summed E-state index contributed by atoms with van der Waals surface area (Å²) >= 11 is 0. The van der Waals surface area contributed by atoms with Gasteiger partial charge in [-0.05, 0) is 25.1 Å². The number of pyridine rings is 1. The number of aromatic nitrogens is 3. The second-order valence-corrected chi connectivity index (χ2v) is 5.41. The van der Waals surface area contributed by atoms with E-state index in [1.54, 1.807) is 18.0 Å². The zero-order valence-electron chi connectivity index (χ0n) is 13.8. The number of benzene rings is 1. The highest BCUT2D eigenvalue weighted by molar-refractivity contribution is 5.95. The molecule has 0 saturated heterocycles. The fraction of sp³-hybridized carbons (Fsp3) is 0.235. The fourth-order valence-corrected chi connectivity index (χ4v) is 2.55.